The predicted molar refractivity (Wildman–Crippen MR) is 107 cm³/mol. The molecular formula is C21H21NO4S. The number of carbonyl (C=O) groups is 2. The van der Waals surface area contributed by atoms with E-state index in [0.29, 0.717) is 21.9 Å². The molecule has 1 aliphatic rings. The van der Waals surface area contributed by atoms with Crippen molar-refractivity contribution in [2.45, 2.75) is 33.2 Å². The van der Waals surface area contributed by atoms with E-state index in [4.69, 9.17) is 0 Å². The van der Waals surface area contributed by atoms with Gasteiger partial charge in [-0.2, -0.15) is 0 Å². The molecule has 1 saturated heterocycles. The average molecular weight is 383 g/mol. The second-order valence-corrected chi connectivity index (χ2v) is 7.86. The molecule has 2 N–H and O–H groups in total. The third-order valence-electron chi connectivity index (χ3n) is 4.46. The summed E-state index contributed by atoms with van der Waals surface area (Å²) in [4.78, 5) is 26.4. The van der Waals surface area contributed by atoms with Gasteiger partial charge in [-0.05, 0) is 65.1 Å². The Kier molecular flexibility index (Phi) is 5.28. The maximum Gasteiger partial charge on any atom is 0.293 e. The number of aryl methyl sites for hydroxylation is 1. The van der Waals surface area contributed by atoms with E-state index in [-0.39, 0.29) is 29.2 Å². The molecule has 0 aliphatic carbocycles. The summed E-state index contributed by atoms with van der Waals surface area (Å²) in [7, 11) is 0. The van der Waals surface area contributed by atoms with Crippen molar-refractivity contribution in [3.63, 3.8) is 0 Å². The van der Waals surface area contributed by atoms with Gasteiger partial charge < -0.3 is 10.2 Å². The molecule has 0 atom stereocenters. The van der Waals surface area contributed by atoms with E-state index in [1.54, 1.807) is 19.1 Å². The van der Waals surface area contributed by atoms with Crippen molar-refractivity contribution in [2.24, 2.45) is 0 Å². The van der Waals surface area contributed by atoms with Crippen LogP contribution in [0.25, 0.3) is 6.08 Å². The first-order chi connectivity index (χ1) is 12.8. The molecule has 27 heavy (non-hydrogen) atoms. The summed E-state index contributed by atoms with van der Waals surface area (Å²) in [5, 5.41) is 19.1. The van der Waals surface area contributed by atoms with Gasteiger partial charge in [0.25, 0.3) is 11.1 Å². The topological polar surface area (TPSA) is 77.8 Å². The number of hydrogen-bond donors (Lipinski definition) is 2. The minimum Gasteiger partial charge on any atom is -0.504 e. The Hall–Kier alpha value is -2.73. The SMILES string of the molecule is Cc1cc(/C=C2\SC(=O)N(Cc3ccc(C(C)C)cc3)C2=O)cc(O)c1O. The molecule has 0 unspecified atom stereocenters. The zero-order chi connectivity index (χ0) is 19.7. The Labute approximate surface area is 162 Å². The molecule has 1 aliphatic heterocycles. The van der Waals surface area contributed by atoms with Gasteiger partial charge in [-0.15, -0.1) is 0 Å². The molecule has 140 valence electrons. The predicted octanol–water partition coefficient (Wildman–Crippen LogP) is 4.77. The first-order valence-corrected chi connectivity index (χ1v) is 9.44. The van der Waals surface area contributed by atoms with Gasteiger partial charge in [0.15, 0.2) is 11.5 Å². The lowest BCUT2D eigenvalue weighted by Gasteiger charge is -2.13. The molecule has 5 nitrogen and oxygen atoms in total. The Morgan fingerprint density at radius 2 is 1.78 bits per heavy atom. The Morgan fingerprint density at radius 1 is 1.11 bits per heavy atom. The molecule has 3 rings (SSSR count). The van der Waals surface area contributed by atoms with E-state index in [1.807, 2.05) is 24.3 Å². The number of rotatable bonds is 4. The van der Waals surface area contributed by atoms with E-state index in [2.05, 4.69) is 13.8 Å². The number of carbonyl (C=O) groups excluding carboxylic acids is 2. The maximum absolute atomic E-state index is 12.6. The molecule has 2 amide bonds. The van der Waals surface area contributed by atoms with Gasteiger partial charge >= 0.3 is 0 Å². The summed E-state index contributed by atoms with van der Waals surface area (Å²) in [6.45, 7) is 6.09. The van der Waals surface area contributed by atoms with Crippen molar-refractivity contribution in [3.8, 4) is 11.5 Å². The lowest BCUT2D eigenvalue weighted by Crippen LogP contribution is -2.27. The fourth-order valence-electron chi connectivity index (χ4n) is 2.85. The van der Waals surface area contributed by atoms with Crippen LogP contribution in [0.5, 0.6) is 11.5 Å². The van der Waals surface area contributed by atoms with Gasteiger partial charge in [0.1, 0.15) is 0 Å². The summed E-state index contributed by atoms with van der Waals surface area (Å²) in [5.74, 6) is -0.386. The van der Waals surface area contributed by atoms with Crippen molar-refractivity contribution in [2.75, 3.05) is 0 Å². The quantitative estimate of drug-likeness (QED) is 0.588. The third kappa shape index (κ3) is 4.01. The lowest BCUT2D eigenvalue weighted by molar-refractivity contribution is -0.123. The number of hydrogen-bond acceptors (Lipinski definition) is 5. The van der Waals surface area contributed by atoms with Gasteiger partial charge in [0.2, 0.25) is 0 Å². The number of amides is 2. The van der Waals surface area contributed by atoms with Crippen molar-refractivity contribution in [1.29, 1.82) is 0 Å². The molecule has 2 aromatic rings. The summed E-state index contributed by atoms with van der Waals surface area (Å²) in [6, 6.07) is 10.9. The minimum atomic E-state index is -0.358. The molecule has 6 heteroatoms. The van der Waals surface area contributed by atoms with Crippen LogP contribution >= 0.6 is 11.8 Å². The second-order valence-electron chi connectivity index (χ2n) is 6.87. The summed E-state index contributed by atoms with van der Waals surface area (Å²) < 4.78 is 0. The van der Waals surface area contributed by atoms with Crippen LogP contribution < -0.4 is 0 Å². The first-order valence-electron chi connectivity index (χ1n) is 8.63. The highest BCUT2D eigenvalue weighted by atomic mass is 32.2. The highest BCUT2D eigenvalue weighted by Crippen LogP contribution is 2.36. The number of aromatic hydroxyl groups is 2. The number of imide groups is 1. The van der Waals surface area contributed by atoms with Crippen LogP contribution in [0.15, 0.2) is 41.3 Å². The smallest absolute Gasteiger partial charge is 0.293 e. The van der Waals surface area contributed by atoms with E-state index in [9.17, 15) is 19.8 Å². The van der Waals surface area contributed by atoms with Crippen molar-refractivity contribution in [1.82, 2.24) is 4.90 Å². The molecule has 0 bridgehead atoms. The summed E-state index contributed by atoms with van der Waals surface area (Å²) >= 11 is 0.874. The van der Waals surface area contributed by atoms with E-state index < -0.39 is 0 Å². The highest BCUT2D eigenvalue weighted by Gasteiger charge is 2.35. The van der Waals surface area contributed by atoms with Gasteiger partial charge in [0, 0.05) is 0 Å². The second kappa shape index (κ2) is 7.48. The van der Waals surface area contributed by atoms with E-state index >= 15 is 0 Å². The van der Waals surface area contributed by atoms with Crippen molar-refractivity contribution >= 4 is 29.0 Å². The van der Waals surface area contributed by atoms with Crippen LogP contribution in [-0.2, 0) is 11.3 Å². The molecule has 0 spiro atoms. The monoisotopic (exact) mass is 383 g/mol. The van der Waals surface area contributed by atoms with Gasteiger partial charge in [-0.3, -0.25) is 14.5 Å². The van der Waals surface area contributed by atoms with Crippen LogP contribution in [-0.4, -0.2) is 26.3 Å². The molecule has 2 aromatic carbocycles. The van der Waals surface area contributed by atoms with Gasteiger partial charge in [-0.1, -0.05) is 38.1 Å². The lowest BCUT2D eigenvalue weighted by atomic mass is 10.0. The largest absolute Gasteiger partial charge is 0.504 e. The Balaban J connectivity index is 1.80. The Bertz CT molecular complexity index is 909. The van der Waals surface area contributed by atoms with Gasteiger partial charge in [-0.25, -0.2) is 0 Å². The first kappa shape index (κ1) is 19.0. The molecule has 1 fully saturated rings. The molecule has 0 aromatic heterocycles. The number of benzene rings is 2. The van der Waals surface area contributed by atoms with Crippen LogP contribution in [0.4, 0.5) is 4.79 Å². The standard InChI is InChI=1S/C21H21NO4S/c1-12(2)16-6-4-14(5-7-16)11-22-20(25)18(27-21(22)26)10-15-8-13(3)19(24)17(23)9-15/h4-10,12,23-24H,11H2,1-3H3/b18-10-. The van der Waals surface area contributed by atoms with E-state index in [0.717, 1.165) is 17.3 Å². The van der Waals surface area contributed by atoms with Crippen molar-refractivity contribution in [3.05, 3.63) is 63.6 Å². The zero-order valence-corrected chi connectivity index (χ0v) is 16.2. The third-order valence-corrected chi connectivity index (χ3v) is 5.37. The normalized spacial score (nSPS) is 16.0. The van der Waals surface area contributed by atoms with Crippen LogP contribution in [0, 0.1) is 6.92 Å². The number of phenols is 2. The van der Waals surface area contributed by atoms with Gasteiger partial charge in [0.05, 0.1) is 11.4 Å². The number of nitrogens with zero attached hydrogens (tertiary/aromatic N) is 1. The number of thioether (sulfide) groups is 1. The number of phenolic OH excluding ortho intramolecular Hbond substituents is 2. The van der Waals surface area contributed by atoms with Crippen molar-refractivity contribution < 1.29 is 19.8 Å². The van der Waals surface area contributed by atoms with E-state index in [1.165, 1.54) is 16.5 Å². The molecular weight excluding hydrogens is 362 g/mol. The highest BCUT2D eigenvalue weighted by molar-refractivity contribution is 8.18. The molecule has 0 radical (unpaired) electrons. The average Bonchev–Trinajstić information content (AvgIpc) is 2.87. The maximum atomic E-state index is 12.6. The fourth-order valence-corrected chi connectivity index (χ4v) is 3.69. The summed E-state index contributed by atoms with van der Waals surface area (Å²) in [6.07, 6.45) is 1.55. The van der Waals surface area contributed by atoms with Crippen LogP contribution in [0.2, 0.25) is 0 Å². The van der Waals surface area contributed by atoms with Crippen LogP contribution in [0.1, 0.15) is 42.0 Å². The molecule has 1 heterocycles. The van der Waals surface area contributed by atoms with Crippen LogP contribution in [0.3, 0.4) is 0 Å². The Morgan fingerprint density at radius 3 is 2.37 bits per heavy atom. The zero-order valence-electron chi connectivity index (χ0n) is 15.4. The summed E-state index contributed by atoms with van der Waals surface area (Å²) in [5.41, 5.74) is 3.14. The fraction of sp³-hybridized carbons (Fsp3) is 0.238. The molecule has 0 saturated carbocycles. The minimum absolute atomic E-state index is 0.190.